The van der Waals surface area contributed by atoms with E-state index in [9.17, 15) is 9.47 Å². The first-order chi connectivity index (χ1) is 16.7. The van der Waals surface area contributed by atoms with Gasteiger partial charge in [-0.1, -0.05) is 48.5 Å². The van der Waals surface area contributed by atoms with Crippen LogP contribution in [0, 0.1) is 11.3 Å². The van der Waals surface area contributed by atoms with Crippen molar-refractivity contribution >= 4 is 21.9 Å². The Morgan fingerprint density at radius 1 is 1.03 bits per heavy atom. The van der Waals surface area contributed by atoms with E-state index in [1.54, 1.807) is 6.07 Å². The lowest BCUT2D eigenvalue weighted by atomic mass is 9.94. The zero-order chi connectivity index (χ0) is 25.2. The van der Waals surface area contributed by atoms with Gasteiger partial charge < -0.3 is 0 Å². The molecule has 2 heterocycles. The standard InChI is InChI=1S/C28H31N5OS/c1-19(2)33-26-16-9-8-15-24(26)27(31-33)23-14-7-6-13-22(23)25(32-35(34)28(3,4)5)17-20-11-10-12-21(18-29)30-20/h6-16,19,25,32H,17H2,1-5H3. The Morgan fingerprint density at radius 2 is 1.74 bits per heavy atom. The van der Waals surface area contributed by atoms with Crippen LogP contribution in [0.5, 0.6) is 0 Å². The first-order valence-electron chi connectivity index (χ1n) is 11.8. The molecule has 0 saturated heterocycles. The third-order valence-electron chi connectivity index (χ3n) is 5.83. The number of para-hydroxylation sites is 1. The second kappa shape index (κ2) is 10.1. The lowest BCUT2D eigenvalue weighted by molar-refractivity contribution is 0.552. The summed E-state index contributed by atoms with van der Waals surface area (Å²) < 4.78 is 18.2. The maximum absolute atomic E-state index is 13.2. The molecule has 2 aromatic heterocycles. The molecule has 4 aromatic rings. The molecule has 0 aliphatic rings. The Balaban J connectivity index is 1.86. The minimum Gasteiger partial charge on any atom is -0.262 e. The second-order valence-electron chi connectivity index (χ2n) is 9.87. The molecule has 180 valence electrons. The van der Waals surface area contributed by atoms with E-state index in [0.29, 0.717) is 12.1 Å². The van der Waals surface area contributed by atoms with Crippen molar-refractivity contribution < 1.29 is 4.21 Å². The summed E-state index contributed by atoms with van der Waals surface area (Å²) in [5, 5.41) is 15.4. The molecule has 0 radical (unpaired) electrons. The van der Waals surface area contributed by atoms with E-state index in [2.05, 4.69) is 58.6 Å². The number of aromatic nitrogens is 3. The van der Waals surface area contributed by atoms with Crippen molar-refractivity contribution in [1.82, 2.24) is 19.5 Å². The van der Waals surface area contributed by atoms with Crippen molar-refractivity contribution in [2.24, 2.45) is 0 Å². The SMILES string of the molecule is CC(C)n1nc(-c2ccccc2C(Cc2cccc(C#N)n2)NS(=O)C(C)(C)C)c2ccccc21. The smallest absolute Gasteiger partial charge is 0.140 e. The second-order valence-corrected chi connectivity index (χ2v) is 11.9. The van der Waals surface area contributed by atoms with Gasteiger partial charge in [0.2, 0.25) is 0 Å². The van der Waals surface area contributed by atoms with E-state index in [0.717, 1.165) is 33.4 Å². The molecule has 0 fully saturated rings. The fourth-order valence-corrected chi connectivity index (χ4v) is 4.91. The highest BCUT2D eigenvalue weighted by atomic mass is 32.2. The third kappa shape index (κ3) is 5.34. The molecular weight excluding hydrogens is 454 g/mol. The summed E-state index contributed by atoms with van der Waals surface area (Å²) in [4.78, 5) is 4.49. The van der Waals surface area contributed by atoms with E-state index >= 15 is 0 Å². The number of fused-ring (bicyclic) bond motifs is 1. The van der Waals surface area contributed by atoms with Gasteiger partial charge in [-0.05, 0) is 58.4 Å². The molecule has 6 nitrogen and oxygen atoms in total. The van der Waals surface area contributed by atoms with Crippen LogP contribution in [0.1, 0.15) is 63.7 Å². The molecule has 0 amide bonds. The number of rotatable bonds is 7. The summed E-state index contributed by atoms with van der Waals surface area (Å²) in [6.07, 6.45) is 0.483. The minimum atomic E-state index is -1.31. The summed E-state index contributed by atoms with van der Waals surface area (Å²) in [7, 11) is -1.31. The Kier molecular flexibility index (Phi) is 7.15. The molecule has 0 bridgehead atoms. The first kappa shape index (κ1) is 24.8. The number of hydrogen-bond donors (Lipinski definition) is 1. The van der Waals surface area contributed by atoms with Crippen LogP contribution in [0.4, 0.5) is 0 Å². The monoisotopic (exact) mass is 485 g/mol. The van der Waals surface area contributed by atoms with Gasteiger partial charge in [0.05, 0.1) is 27.3 Å². The van der Waals surface area contributed by atoms with Crippen molar-refractivity contribution in [1.29, 1.82) is 5.26 Å². The van der Waals surface area contributed by atoms with Crippen LogP contribution in [-0.2, 0) is 17.4 Å². The van der Waals surface area contributed by atoms with Crippen molar-refractivity contribution in [3.63, 3.8) is 0 Å². The van der Waals surface area contributed by atoms with Gasteiger partial charge in [-0.2, -0.15) is 10.4 Å². The summed E-state index contributed by atoms with van der Waals surface area (Å²) in [5.74, 6) is 0. The van der Waals surface area contributed by atoms with Crippen LogP contribution in [0.15, 0.2) is 66.7 Å². The molecule has 2 aromatic carbocycles. The van der Waals surface area contributed by atoms with E-state index in [-0.39, 0.29) is 12.1 Å². The predicted octanol–water partition coefficient (Wildman–Crippen LogP) is 5.89. The zero-order valence-corrected chi connectivity index (χ0v) is 21.6. The maximum Gasteiger partial charge on any atom is 0.140 e. The van der Waals surface area contributed by atoms with Crippen molar-refractivity contribution in [3.05, 3.63) is 83.7 Å². The van der Waals surface area contributed by atoms with Gasteiger partial charge in [-0.15, -0.1) is 0 Å². The molecular formula is C28H31N5OS. The highest BCUT2D eigenvalue weighted by Gasteiger charge is 2.27. The van der Waals surface area contributed by atoms with Gasteiger partial charge in [0.25, 0.3) is 0 Å². The van der Waals surface area contributed by atoms with Crippen LogP contribution in [0.2, 0.25) is 0 Å². The van der Waals surface area contributed by atoms with Crippen LogP contribution in [0.25, 0.3) is 22.2 Å². The summed E-state index contributed by atoms with van der Waals surface area (Å²) in [6, 6.07) is 23.8. The van der Waals surface area contributed by atoms with Gasteiger partial charge in [-0.25, -0.2) is 13.9 Å². The average Bonchev–Trinajstić information content (AvgIpc) is 3.23. The van der Waals surface area contributed by atoms with Gasteiger partial charge in [0, 0.05) is 29.1 Å². The number of nitrogens with one attached hydrogen (secondary N) is 1. The number of pyridine rings is 1. The molecule has 35 heavy (non-hydrogen) atoms. The molecule has 0 spiro atoms. The molecule has 7 heteroatoms. The average molecular weight is 486 g/mol. The van der Waals surface area contributed by atoms with Crippen LogP contribution in [-0.4, -0.2) is 23.7 Å². The van der Waals surface area contributed by atoms with Crippen LogP contribution in [0.3, 0.4) is 0 Å². The van der Waals surface area contributed by atoms with E-state index in [4.69, 9.17) is 5.10 Å². The Morgan fingerprint density at radius 3 is 2.46 bits per heavy atom. The molecule has 0 aliphatic heterocycles. The lowest BCUT2D eigenvalue weighted by Gasteiger charge is -2.26. The zero-order valence-electron chi connectivity index (χ0n) is 20.8. The molecule has 0 saturated carbocycles. The van der Waals surface area contributed by atoms with E-state index in [1.165, 1.54) is 0 Å². The highest BCUT2D eigenvalue weighted by molar-refractivity contribution is 7.84. The largest absolute Gasteiger partial charge is 0.262 e. The molecule has 0 aliphatic carbocycles. The summed E-state index contributed by atoms with van der Waals surface area (Å²) in [5.41, 5.74) is 5.10. The van der Waals surface area contributed by atoms with E-state index in [1.807, 2.05) is 57.2 Å². The fourth-order valence-electron chi connectivity index (χ4n) is 4.08. The van der Waals surface area contributed by atoms with Crippen molar-refractivity contribution in [3.8, 4) is 17.3 Å². The molecule has 1 N–H and O–H groups in total. The van der Waals surface area contributed by atoms with Gasteiger partial charge in [-0.3, -0.25) is 4.68 Å². The van der Waals surface area contributed by atoms with Gasteiger partial charge >= 0.3 is 0 Å². The lowest BCUT2D eigenvalue weighted by Crippen LogP contribution is -2.36. The number of hydrogen-bond acceptors (Lipinski definition) is 4. The molecule has 4 rings (SSSR count). The maximum atomic E-state index is 13.2. The Bertz CT molecular complexity index is 1410. The minimum absolute atomic E-state index is 0.209. The molecule has 2 atom stereocenters. The summed E-state index contributed by atoms with van der Waals surface area (Å²) >= 11 is 0. The van der Waals surface area contributed by atoms with Gasteiger partial charge in [0.15, 0.2) is 0 Å². The van der Waals surface area contributed by atoms with Crippen LogP contribution >= 0.6 is 0 Å². The Labute approximate surface area is 209 Å². The third-order valence-corrected chi connectivity index (χ3v) is 7.45. The quantitative estimate of drug-likeness (QED) is 0.354. The van der Waals surface area contributed by atoms with Crippen molar-refractivity contribution in [2.75, 3.05) is 0 Å². The fraction of sp³-hybridized carbons (Fsp3) is 0.321. The molecule has 2 unspecified atom stereocenters. The predicted molar refractivity (Wildman–Crippen MR) is 142 cm³/mol. The number of nitriles is 1. The Hall–Kier alpha value is -3.34. The summed E-state index contributed by atoms with van der Waals surface area (Å²) in [6.45, 7) is 10.1. The van der Waals surface area contributed by atoms with Gasteiger partial charge in [0.1, 0.15) is 17.5 Å². The van der Waals surface area contributed by atoms with Crippen LogP contribution < -0.4 is 4.72 Å². The topological polar surface area (TPSA) is 83.6 Å². The normalized spacial score (nSPS) is 13.6. The van der Waals surface area contributed by atoms with Crippen molar-refractivity contribution in [2.45, 2.75) is 57.9 Å². The first-order valence-corrected chi connectivity index (χ1v) is 12.9. The number of benzene rings is 2. The van der Waals surface area contributed by atoms with E-state index < -0.39 is 15.7 Å². The highest BCUT2D eigenvalue weighted by Crippen LogP contribution is 2.35. The number of nitrogens with zero attached hydrogens (tertiary/aromatic N) is 4.